The summed E-state index contributed by atoms with van der Waals surface area (Å²) in [7, 11) is -3.86. The molecule has 1 aromatic carbocycles. The molecular formula is C13H20BrN3O3S. The van der Waals surface area contributed by atoms with Gasteiger partial charge < -0.3 is 11.1 Å². The van der Waals surface area contributed by atoms with E-state index < -0.39 is 16.1 Å². The summed E-state index contributed by atoms with van der Waals surface area (Å²) in [5, 5.41) is 2.68. The molecule has 0 aliphatic rings. The summed E-state index contributed by atoms with van der Waals surface area (Å²) in [4.78, 5) is 11.8. The van der Waals surface area contributed by atoms with E-state index in [0.29, 0.717) is 16.9 Å². The Kier molecular flexibility index (Phi) is 6.18. The van der Waals surface area contributed by atoms with E-state index in [1.165, 1.54) is 19.1 Å². The first-order valence-corrected chi connectivity index (χ1v) is 8.76. The number of amides is 1. The molecule has 0 aromatic heterocycles. The zero-order chi connectivity index (χ0) is 16.2. The van der Waals surface area contributed by atoms with E-state index in [1.807, 2.05) is 13.8 Å². The van der Waals surface area contributed by atoms with Gasteiger partial charge in [-0.15, -0.1) is 0 Å². The number of hydrogen-bond donors (Lipinski definition) is 3. The Labute approximate surface area is 133 Å². The van der Waals surface area contributed by atoms with Crippen molar-refractivity contribution in [1.29, 1.82) is 0 Å². The van der Waals surface area contributed by atoms with Crippen molar-refractivity contribution in [2.45, 2.75) is 31.7 Å². The van der Waals surface area contributed by atoms with Crippen molar-refractivity contribution >= 4 is 37.5 Å². The summed E-state index contributed by atoms with van der Waals surface area (Å²) in [6.45, 7) is 5.89. The van der Waals surface area contributed by atoms with Crippen LogP contribution in [-0.4, -0.2) is 26.9 Å². The van der Waals surface area contributed by atoms with Crippen LogP contribution < -0.4 is 15.8 Å². The second-order valence-electron chi connectivity index (χ2n) is 5.16. The van der Waals surface area contributed by atoms with Crippen LogP contribution in [0.1, 0.15) is 20.8 Å². The van der Waals surface area contributed by atoms with Gasteiger partial charge in [0.2, 0.25) is 15.9 Å². The Bertz CT molecular complexity index is 617. The van der Waals surface area contributed by atoms with Gasteiger partial charge in [0.25, 0.3) is 0 Å². The van der Waals surface area contributed by atoms with Gasteiger partial charge in [-0.3, -0.25) is 4.79 Å². The van der Waals surface area contributed by atoms with Gasteiger partial charge in [-0.1, -0.05) is 29.8 Å². The summed E-state index contributed by atoms with van der Waals surface area (Å²) in [6, 6.07) is 3.65. The van der Waals surface area contributed by atoms with Gasteiger partial charge >= 0.3 is 0 Å². The molecule has 8 heteroatoms. The molecular weight excluding hydrogens is 358 g/mol. The van der Waals surface area contributed by atoms with E-state index in [2.05, 4.69) is 26.0 Å². The molecule has 1 unspecified atom stereocenters. The molecule has 1 rings (SSSR count). The monoisotopic (exact) mass is 377 g/mol. The van der Waals surface area contributed by atoms with Crippen molar-refractivity contribution < 1.29 is 13.2 Å². The van der Waals surface area contributed by atoms with Crippen molar-refractivity contribution in [3.8, 4) is 0 Å². The maximum absolute atomic E-state index is 12.3. The third-order valence-corrected chi connectivity index (χ3v) is 4.76. The highest BCUT2D eigenvalue weighted by Crippen LogP contribution is 2.23. The van der Waals surface area contributed by atoms with Crippen LogP contribution in [0.5, 0.6) is 0 Å². The maximum atomic E-state index is 12.3. The Balaban J connectivity index is 2.85. The number of hydrogen-bond acceptors (Lipinski definition) is 4. The van der Waals surface area contributed by atoms with Crippen LogP contribution >= 0.6 is 15.9 Å². The molecule has 1 amide bonds. The third kappa shape index (κ3) is 5.29. The second-order valence-corrected chi connectivity index (χ2v) is 7.76. The predicted molar refractivity (Wildman–Crippen MR) is 86.2 cm³/mol. The Morgan fingerprint density at radius 3 is 2.52 bits per heavy atom. The van der Waals surface area contributed by atoms with Gasteiger partial charge in [-0.25, -0.2) is 8.42 Å². The van der Waals surface area contributed by atoms with E-state index in [9.17, 15) is 13.2 Å². The topological polar surface area (TPSA) is 101 Å². The van der Waals surface area contributed by atoms with E-state index >= 15 is 0 Å². The zero-order valence-electron chi connectivity index (χ0n) is 12.2. The van der Waals surface area contributed by atoms with Gasteiger partial charge in [0.1, 0.15) is 4.90 Å². The van der Waals surface area contributed by atoms with Gasteiger partial charge in [-0.2, -0.15) is 4.72 Å². The Hall–Kier alpha value is -1.12. The lowest BCUT2D eigenvalue weighted by Gasteiger charge is -2.16. The van der Waals surface area contributed by atoms with Crippen molar-refractivity contribution in [2.75, 3.05) is 12.3 Å². The largest absolute Gasteiger partial charge is 0.398 e. The normalized spacial score (nSPS) is 13.2. The molecule has 0 aliphatic heterocycles. The lowest BCUT2D eigenvalue weighted by atomic mass is 10.2. The molecule has 4 N–H and O–H groups in total. The number of nitrogen functional groups attached to an aromatic ring is 1. The van der Waals surface area contributed by atoms with E-state index in [-0.39, 0.29) is 16.5 Å². The van der Waals surface area contributed by atoms with Crippen molar-refractivity contribution in [3.05, 3.63) is 22.7 Å². The minimum atomic E-state index is -3.86. The summed E-state index contributed by atoms with van der Waals surface area (Å²) >= 11 is 3.20. The van der Waals surface area contributed by atoms with Crippen LogP contribution in [0.4, 0.5) is 5.69 Å². The number of nitrogens with two attached hydrogens (primary N) is 1. The summed E-state index contributed by atoms with van der Waals surface area (Å²) in [5.74, 6) is -0.0840. The molecule has 0 saturated carbocycles. The van der Waals surface area contributed by atoms with Crippen molar-refractivity contribution in [2.24, 2.45) is 5.92 Å². The Morgan fingerprint density at radius 2 is 1.95 bits per heavy atom. The standard InChI is InChI=1S/C13H20BrN3O3S/c1-8(2)7-16-13(18)9(3)17-21(19,20)12-6-10(14)4-5-11(12)15/h4-6,8-9,17H,7,15H2,1-3H3,(H,16,18). The molecule has 0 heterocycles. The van der Waals surface area contributed by atoms with Crippen LogP contribution in [0.3, 0.4) is 0 Å². The predicted octanol–water partition coefficient (Wildman–Crippen LogP) is 1.47. The van der Waals surface area contributed by atoms with Crippen molar-refractivity contribution in [3.63, 3.8) is 0 Å². The molecule has 0 spiro atoms. The minimum absolute atomic E-state index is 0.0552. The minimum Gasteiger partial charge on any atom is -0.398 e. The zero-order valence-corrected chi connectivity index (χ0v) is 14.6. The molecule has 6 nitrogen and oxygen atoms in total. The molecule has 1 atom stereocenters. The first-order chi connectivity index (χ1) is 9.63. The number of anilines is 1. The number of halogens is 1. The average Bonchev–Trinajstić information content (AvgIpc) is 2.37. The van der Waals surface area contributed by atoms with Gasteiger partial charge in [0, 0.05) is 11.0 Å². The molecule has 118 valence electrons. The first kappa shape index (κ1) is 17.9. The fraction of sp³-hybridized carbons (Fsp3) is 0.462. The Morgan fingerprint density at radius 1 is 1.33 bits per heavy atom. The molecule has 0 saturated heterocycles. The smallest absolute Gasteiger partial charge is 0.243 e. The summed E-state index contributed by atoms with van der Waals surface area (Å²) in [6.07, 6.45) is 0. The van der Waals surface area contributed by atoms with E-state index in [4.69, 9.17) is 5.73 Å². The van der Waals surface area contributed by atoms with Crippen LogP contribution in [0.2, 0.25) is 0 Å². The third-order valence-electron chi connectivity index (χ3n) is 2.67. The van der Waals surface area contributed by atoms with E-state index in [1.54, 1.807) is 6.07 Å². The van der Waals surface area contributed by atoms with Crippen LogP contribution in [-0.2, 0) is 14.8 Å². The number of carbonyl (C=O) groups is 1. The van der Waals surface area contributed by atoms with Crippen LogP contribution in [0, 0.1) is 5.92 Å². The quantitative estimate of drug-likeness (QED) is 0.653. The highest BCUT2D eigenvalue weighted by Gasteiger charge is 2.24. The van der Waals surface area contributed by atoms with Crippen LogP contribution in [0.25, 0.3) is 0 Å². The molecule has 0 bridgehead atoms. The molecule has 0 aliphatic carbocycles. The summed E-state index contributed by atoms with van der Waals surface area (Å²) in [5.41, 5.74) is 5.81. The van der Waals surface area contributed by atoms with Gasteiger partial charge in [-0.05, 0) is 31.0 Å². The van der Waals surface area contributed by atoms with Crippen LogP contribution in [0.15, 0.2) is 27.6 Å². The second kappa shape index (κ2) is 7.24. The molecule has 1 aromatic rings. The van der Waals surface area contributed by atoms with Gasteiger partial charge in [0.15, 0.2) is 0 Å². The average molecular weight is 378 g/mol. The number of benzene rings is 1. The number of nitrogens with one attached hydrogen (secondary N) is 2. The fourth-order valence-corrected chi connectivity index (χ4v) is 3.42. The van der Waals surface area contributed by atoms with E-state index in [0.717, 1.165) is 0 Å². The first-order valence-electron chi connectivity index (χ1n) is 6.48. The maximum Gasteiger partial charge on any atom is 0.243 e. The highest BCUT2D eigenvalue weighted by atomic mass is 79.9. The highest BCUT2D eigenvalue weighted by molar-refractivity contribution is 9.10. The van der Waals surface area contributed by atoms with Crippen molar-refractivity contribution in [1.82, 2.24) is 10.0 Å². The molecule has 0 fully saturated rings. The van der Waals surface area contributed by atoms with Gasteiger partial charge in [0.05, 0.1) is 11.7 Å². The SMILES string of the molecule is CC(C)CNC(=O)C(C)NS(=O)(=O)c1cc(Br)ccc1N. The lowest BCUT2D eigenvalue weighted by molar-refractivity contribution is -0.122. The molecule has 0 radical (unpaired) electrons. The number of carbonyl (C=O) groups excluding carboxylic acids is 1. The molecule has 21 heavy (non-hydrogen) atoms. The number of rotatable bonds is 6. The fourth-order valence-electron chi connectivity index (χ4n) is 1.55. The number of sulfonamides is 1. The summed E-state index contributed by atoms with van der Waals surface area (Å²) < 4.78 is 27.4. The lowest BCUT2D eigenvalue weighted by Crippen LogP contribution is -2.45.